The number of fused-ring (bicyclic) bond motifs is 3. The van der Waals surface area contributed by atoms with Gasteiger partial charge in [0.15, 0.2) is 0 Å². The third-order valence-corrected chi connectivity index (χ3v) is 2.27. The molecular formula is C10H7N3. The molecule has 0 unspecified atom stereocenters. The fraction of sp³-hybridized carbons (Fsp3) is 0. The zero-order valence-electron chi connectivity index (χ0n) is 6.86. The molecule has 0 aliphatic rings. The first-order chi connectivity index (χ1) is 6.45. The van der Waals surface area contributed by atoms with Crippen molar-refractivity contribution in [2.75, 3.05) is 0 Å². The molecule has 0 fully saturated rings. The summed E-state index contributed by atoms with van der Waals surface area (Å²) in [6, 6.07) is 10.3. The van der Waals surface area contributed by atoms with Crippen LogP contribution in [0.1, 0.15) is 0 Å². The van der Waals surface area contributed by atoms with Crippen LogP contribution in [-0.2, 0) is 0 Å². The highest BCUT2D eigenvalue weighted by atomic mass is 15.3. The maximum absolute atomic E-state index is 3.80. The summed E-state index contributed by atoms with van der Waals surface area (Å²) in [6.45, 7) is 0. The van der Waals surface area contributed by atoms with E-state index < -0.39 is 0 Å². The molecule has 0 aliphatic heterocycles. The maximum Gasteiger partial charge on any atom is 0.0745 e. The third kappa shape index (κ3) is 0.839. The second-order valence-electron chi connectivity index (χ2n) is 3.01. The molecule has 1 N–H and O–H groups in total. The lowest BCUT2D eigenvalue weighted by molar-refractivity contribution is 0.897. The van der Waals surface area contributed by atoms with Gasteiger partial charge in [-0.2, -0.15) is 0 Å². The Balaban J connectivity index is 2.65. The molecule has 0 amide bonds. The maximum atomic E-state index is 3.80. The van der Waals surface area contributed by atoms with Gasteiger partial charge in [-0.05, 0) is 5.39 Å². The summed E-state index contributed by atoms with van der Waals surface area (Å²) in [5.74, 6) is 0. The van der Waals surface area contributed by atoms with Crippen molar-refractivity contribution < 1.29 is 0 Å². The van der Waals surface area contributed by atoms with E-state index >= 15 is 0 Å². The Hall–Kier alpha value is -1.90. The summed E-state index contributed by atoms with van der Waals surface area (Å²) in [4.78, 5) is 0. The van der Waals surface area contributed by atoms with Crippen molar-refractivity contribution in [3.05, 3.63) is 36.5 Å². The van der Waals surface area contributed by atoms with Crippen LogP contribution < -0.4 is 0 Å². The highest BCUT2D eigenvalue weighted by molar-refractivity contribution is 6.05. The van der Waals surface area contributed by atoms with E-state index in [1.807, 2.05) is 12.1 Å². The molecule has 13 heavy (non-hydrogen) atoms. The van der Waals surface area contributed by atoms with Gasteiger partial charge in [0.2, 0.25) is 0 Å². The van der Waals surface area contributed by atoms with Gasteiger partial charge >= 0.3 is 0 Å². The van der Waals surface area contributed by atoms with Crippen molar-refractivity contribution in [2.45, 2.75) is 0 Å². The van der Waals surface area contributed by atoms with Crippen molar-refractivity contribution in [3.63, 3.8) is 0 Å². The van der Waals surface area contributed by atoms with E-state index in [1.54, 1.807) is 6.20 Å². The zero-order valence-corrected chi connectivity index (χ0v) is 6.86. The van der Waals surface area contributed by atoms with E-state index in [0.29, 0.717) is 0 Å². The van der Waals surface area contributed by atoms with Crippen LogP contribution in [0.4, 0.5) is 0 Å². The van der Waals surface area contributed by atoms with Gasteiger partial charge in [-0.1, -0.05) is 35.5 Å². The summed E-state index contributed by atoms with van der Waals surface area (Å²) in [5, 5.41) is 14.0. The monoisotopic (exact) mass is 169 g/mol. The number of nitrogens with zero attached hydrogens (tertiary/aromatic N) is 2. The highest BCUT2D eigenvalue weighted by Gasteiger charge is 1.99. The van der Waals surface area contributed by atoms with Gasteiger partial charge in [0.05, 0.1) is 11.7 Å². The van der Waals surface area contributed by atoms with Gasteiger partial charge in [0, 0.05) is 10.8 Å². The third-order valence-electron chi connectivity index (χ3n) is 2.27. The molecule has 0 saturated carbocycles. The molecule has 0 aliphatic carbocycles. The predicted octanol–water partition coefficient (Wildman–Crippen LogP) is 2.11. The van der Waals surface area contributed by atoms with Gasteiger partial charge < -0.3 is 0 Å². The predicted molar refractivity (Wildman–Crippen MR) is 51.4 cm³/mol. The minimum Gasteiger partial charge on any atom is -0.259 e. The number of rotatable bonds is 0. The van der Waals surface area contributed by atoms with E-state index in [2.05, 4.69) is 33.6 Å². The van der Waals surface area contributed by atoms with E-state index in [4.69, 9.17) is 0 Å². The molecule has 0 spiro atoms. The minimum absolute atomic E-state index is 1.05. The number of nitrogens with one attached hydrogen (secondary N) is 1. The molecule has 3 rings (SSSR count). The number of H-pyrrole nitrogens is 1. The van der Waals surface area contributed by atoms with Crippen LogP contribution in [0.5, 0.6) is 0 Å². The topological polar surface area (TPSA) is 41.6 Å². The molecule has 2 aromatic carbocycles. The van der Waals surface area contributed by atoms with Gasteiger partial charge in [0.25, 0.3) is 0 Å². The molecule has 3 heteroatoms. The lowest BCUT2D eigenvalue weighted by Crippen LogP contribution is -1.86. The standard InChI is InChI=1S/C10H7N3/c1-2-7-4-5-8-6-11-13-12-10(8)9(7)3-1/h1-6H,(H,11,12). The number of benzene rings is 1. The van der Waals surface area contributed by atoms with Crippen molar-refractivity contribution in [2.24, 2.45) is 0 Å². The summed E-state index contributed by atoms with van der Waals surface area (Å²) in [7, 11) is 0. The smallest absolute Gasteiger partial charge is 0.0745 e. The SMILES string of the molecule is c1cc2ccc3cnn[nH]c3c2c1. The largest absolute Gasteiger partial charge is 0.259 e. The van der Waals surface area contributed by atoms with Crippen molar-refractivity contribution in [3.8, 4) is 0 Å². The summed E-state index contributed by atoms with van der Waals surface area (Å²) in [6.07, 6.45) is 1.76. The number of aromatic nitrogens is 3. The molecule has 1 aromatic heterocycles. The Morgan fingerprint density at radius 1 is 1.00 bits per heavy atom. The zero-order chi connectivity index (χ0) is 8.67. The fourth-order valence-electron chi connectivity index (χ4n) is 1.63. The first-order valence-corrected chi connectivity index (χ1v) is 4.13. The number of hydrogen-bond donors (Lipinski definition) is 1. The molecular weight excluding hydrogens is 162 g/mol. The van der Waals surface area contributed by atoms with Gasteiger partial charge in [-0.3, -0.25) is 5.10 Å². The van der Waals surface area contributed by atoms with Gasteiger partial charge in [-0.25, -0.2) is 0 Å². The molecule has 3 aromatic rings. The second kappa shape index (κ2) is 2.29. The van der Waals surface area contributed by atoms with E-state index in [0.717, 1.165) is 10.9 Å². The summed E-state index contributed by atoms with van der Waals surface area (Å²) < 4.78 is 0. The average molecular weight is 169 g/mol. The Morgan fingerprint density at radius 2 is 1.92 bits per heavy atom. The normalized spacial score (nSPS) is 11.1. The minimum atomic E-state index is 1.05. The summed E-state index contributed by atoms with van der Waals surface area (Å²) in [5.41, 5.74) is 1.05. The van der Waals surface area contributed by atoms with Gasteiger partial charge in [-0.15, -0.1) is 5.10 Å². The van der Waals surface area contributed by atoms with Crippen LogP contribution in [0.2, 0.25) is 0 Å². The molecule has 0 saturated heterocycles. The van der Waals surface area contributed by atoms with E-state index in [1.165, 1.54) is 10.8 Å². The summed E-state index contributed by atoms with van der Waals surface area (Å²) >= 11 is 0. The van der Waals surface area contributed by atoms with Crippen LogP contribution >= 0.6 is 0 Å². The van der Waals surface area contributed by atoms with Crippen LogP contribution in [0.15, 0.2) is 36.5 Å². The number of aromatic amines is 1. The quantitative estimate of drug-likeness (QED) is 0.560. The lowest BCUT2D eigenvalue weighted by Gasteiger charge is -1.97. The van der Waals surface area contributed by atoms with Gasteiger partial charge in [0.1, 0.15) is 0 Å². The molecule has 0 radical (unpaired) electrons. The Morgan fingerprint density at radius 3 is 2.92 bits per heavy atom. The van der Waals surface area contributed by atoms with Crippen LogP contribution in [-0.4, -0.2) is 15.4 Å². The van der Waals surface area contributed by atoms with Crippen molar-refractivity contribution in [1.82, 2.24) is 15.4 Å². The van der Waals surface area contributed by atoms with Crippen LogP contribution in [0.25, 0.3) is 21.7 Å². The van der Waals surface area contributed by atoms with Crippen LogP contribution in [0, 0.1) is 0 Å². The lowest BCUT2D eigenvalue weighted by atomic mass is 10.1. The first kappa shape index (κ1) is 6.60. The molecule has 62 valence electrons. The number of hydrogen-bond acceptors (Lipinski definition) is 2. The molecule has 0 bridgehead atoms. The van der Waals surface area contributed by atoms with E-state index in [-0.39, 0.29) is 0 Å². The highest BCUT2D eigenvalue weighted by Crippen LogP contribution is 2.22. The second-order valence-corrected chi connectivity index (χ2v) is 3.01. The Bertz CT molecular complexity index is 568. The van der Waals surface area contributed by atoms with Crippen molar-refractivity contribution >= 4 is 21.7 Å². The van der Waals surface area contributed by atoms with Crippen LogP contribution in [0.3, 0.4) is 0 Å². The Kier molecular flexibility index (Phi) is 1.16. The van der Waals surface area contributed by atoms with E-state index in [9.17, 15) is 0 Å². The Labute approximate surface area is 74.4 Å². The average Bonchev–Trinajstić information content (AvgIpc) is 2.65. The van der Waals surface area contributed by atoms with Crippen molar-refractivity contribution in [1.29, 1.82) is 0 Å². The fourth-order valence-corrected chi connectivity index (χ4v) is 1.63. The first-order valence-electron chi connectivity index (χ1n) is 4.13. The molecule has 1 heterocycles. The molecule has 3 nitrogen and oxygen atoms in total. The molecule has 0 atom stereocenters.